The molecule has 0 bridgehead atoms. The third-order valence-corrected chi connectivity index (χ3v) is 2.93. The molecule has 1 rings (SSSR count). The minimum absolute atomic E-state index is 0.214. The van der Waals surface area contributed by atoms with E-state index in [2.05, 4.69) is 4.18 Å². The first-order valence-electron chi connectivity index (χ1n) is 3.69. The lowest BCUT2D eigenvalue weighted by Gasteiger charge is -2.04. The Morgan fingerprint density at radius 3 is 2.14 bits per heavy atom. The van der Waals surface area contributed by atoms with E-state index < -0.39 is 15.3 Å². The third-order valence-electron chi connectivity index (χ3n) is 1.42. The molecule has 0 radical (unpaired) electrons. The van der Waals surface area contributed by atoms with Crippen LogP contribution in [0, 0.1) is 0 Å². The number of hydrogen-bond donors (Lipinski definition) is 0. The molecule has 1 aromatic rings. The van der Waals surface area contributed by atoms with Crippen molar-refractivity contribution in [2.75, 3.05) is 12.3 Å². The van der Waals surface area contributed by atoms with Crippen molar-refractivity contribution in [1.82, 2.24) is 0 Å². The largest absolute Gasteiger partial charge is 0.497 e. The van der Waals surface area contributed by atoms with E-state index in [0.717, 1.165) is 0 Å². The van der Waals surface area contributed by atoms with Crippen LogP contribution in [-0.4, -0.2) is 20.7 Å². The normalized spacial score (nSPS) is 11.0. The molecule has 0 saturated heterocycles. The standard InChI is InChI=1S/C8H9ClO4S/c1-12-7-2-4-8(5-3-7)13-14(10,11)6-9/h2-5H,6H2,1H3. The molecule has 6 heteroatoms. The van der Waals surface area contributed by atoms with Crippen LogP contribution >= 0.6 is 11.6 Å². The lowest BCUT2D eigenvalue weighted by molar-refractivity contribution is 0.413. The summed E-state index contributed by atoms with van der Waals surface area (Å²) in [6, 6.07) is 6.17. The first kappa shape index (κ1) is 11.1. The Morgan fingerprint density at radius 2 is 1.71 bits per heavy atom. The van der Waals surface area contributed by atoms with Gasteiger partial charge < -0.3 is 8.92 Å². The Balaban J connectivity index is 2.79. The Kier molecular flexibility index (Phi) is 3.60. The molecule has 0 saturated carbocycles. The maximum Gasteiger partial charge on any atom is 0.323 e. The fourth-order valence-electron chi connectivity index (χ4n) is 0.800. The van der Waals surface area contributed by atoms with Crippen LogP contribution in [0.1, 0.15) is 0 Å². The molecule has 0 heterocycles. The van der Waals surface area contributed by atoms with E-state index in [1.807, 2.05) is 0 Å². The highest BCUT2D eigenvalue weighted by Gasteiger charge is 2.09. The molecule has 1 aromatic carbocycles. The van der Waals surface area contributed by atoms with Crippen LogP contribution in [0.3, 0.4) is 0 Å². The molecule has 14 heavy (non-hydrogen) atoms. The van der Waals surface area contributed by atoms with Gasteiger partial charge in [0.25, 0.3) is 0 Å². The van der Waals surface area contributed by atoms with Crippen molar-refractivity contribution >= 4 is 21.7 Å². The van der Waals surface area contributed by atoms with Gasteiger partial charge in [0.1, 0.15) is 11.5 Å². The molecule has 4 nitrogen and oxygen atoms in total. The van der Waals surface area contributed by atoms with Crippen LogP contribution in [0.25, 0.3) is 0 Å². The zero-order valence-electron chi connectivity index (χ0n) is 7.44. The molecular weight excluding hydrogens is 228 g/mol. The number of rotatable bonds is 4. The molecule has 0 aromatic heterocycles. The zero-order valence-corrected chi connectivity index (χ0v) is 9.01. The average molecular weight is 237 g/mol. The van der Waals surface area contributed by atoms with E-state index in [1.165, 1.54) is 19.2 Å². The summed E-state index contributed by atoms with van der Waals surface area (Å²) in [7, 11) is -2.15. The van der Waals surface area contributed by atoms with Crippen molar-refractivity contribution < 1.29 is 17.3 Å². The molecule has 0 aliphatic heterocycles. The SMILES string of the molecule is COc1ccc(OS(=O)(=O)CCl)cc1. The van der Waals surface area contributed by atoms with E-state index in [1.54, 1.807) is 12.1 Å². The second kappa shape index (κ2) is 4.52. The van der Waals surface area contributed by atoms with Crippen molar-refractivity contribution in [3.05, 3.63) is 24.3 Å². The predicted molar refractivity (Wildman–Crippen MR) is 53.3 cm³/mol. The van der Waals surface area contributed by atoms with Gasteiger partial charge in [-0.1, -0.05) is 0 Å². The topological polar surface area (TPSA) is 52.6 Å². The van der Waals surface area contributed by atoms with E-state index in [9.17, 15) is 8.42 Å². The van der Waals surface area contributed by atoms with Crippen LogP contribution in [0.4, 0.5) is 0 Å². The molecule has 0 aliphatic carbocycles. The first-order chi connectivity index (χ1) is 6.57. The minimum atomic E-state index is -3.67. The van der Waals surface area contributed by atoms with Gasteiger partial charge in [-0.05, 0) is 24.3 Å². The van der Waals surface area contributed by atoms with Gasteiger partial charge in [0.15, 0.2) is 5.21 Å². The summed E-state index contributed by atoms with van der Waals surface area (Å²) in [5.74, 6) is 0.840. The molecule has 78 valence electrons. The zero-order chi connectivity index (χ0) is 10.6. The van der Waals surface area contributed by atoms with Crippen LogP contribution in [0.5, 0.6) is 11.5 Å². The fraction of sp³-hybridized carbons (Fsp3) is 0.250. The van der Waals surface area contributed by atoms with Gasteiger partial charge in [-0.25, -0.2) is 0 Å². The van der Waals surface area contributed by atoms with Crippen molar-refractivity contribution in [1.29, 1.82) is 0 Å². The summed E-state index contributed by atoms with van der Waals surface area (Å²) in [4.78, 5) is 0. The quantitative estimate of drug-likeness (QED) is 0.589. The Bertz CT molecular complexity index is 384. The van der Waals surface area contributed by atoms with Gasteiger partial charge in [0, 0.05) is 0 Å². The number of benzene rings is 1. The lowest BCUT2D eigenvalue weighted by atomic mass is 10.3. The molecule has 0 aliphatic rings. The summed E-state index contributed by atoms with van der Waals surface area (Å²) in [6.45, 7) is 0. The fourth-order valence-corrected chi connectivity index (χ4v) is 1.38. The maximum atomic E-state index is 10.9. The number of methoxy groups -OCH3 is 1. The molecule has 0 amide bonds. The summed E-state index contributed by atoms with van der Waals surface area (Å²) in [5, 5.41) is -0.570. The van der Waals surface area contributed by atoms with Crippen molar-refractivity contribution in [2.45, 2.75) is 0 Å². The number of alkyl halides is 1. The highest BCUT2D eigenvalue weighted by molar-refractivity contribution is 7.88. The highest BCUT2D eigenvalue weighted by Crippen LogP contribution is 2.18. The molecule has 0 N–H and O–H groups in total. The minimum Gasteiger partial charge on any atom is -0.497 e. The van der Waals surface area contributed by atoms with E-state index in [0.29, 0.717) is 5.75 Å². The van der Waals surface area contributed by atoms with Crippen molar-refractivity contribution in [3.63, 3.8) is 0 Å². The smallest absolute Gasteiger partial charge is 0.323 e. The number of hydrogen-bond acceptors (Lipinski definition) is 4. The van der Waals surface area contributed by atoms with Crippen LogP contribution in [0.15, 0.2) is 24.3 Å². The Hall–Kier alpha value is -0.940. The Labute approximate surface area is 87.5 Å². The monoisotopic (exact) mass is 236 g/mol. The molecule has 0 atom stereocenters. The summed E-state index contributed by atoms with van der Waals surface area (Å²) >= 11 is 5.16. The van der Waals surface area contributed by atoms with Gasteiger partial charge in [-0.15, -0.1) is 11.6 Å². The van der Waals surface area contributed by atoms with Gasteiger partial charge in [-0.3, -0.25) is 0 Å². The van der Waals surface area contributed by atoms with E-state index >= 15 is 0 Å². The predicted octanol–water partition coefficient (Wildman–Crippen LogP) is 1.60. The molecular formula is C8H9ClO4S. The third kappa shape index (κ3) is 3.08. The van der Waals surface area contributed by atoms with E-state index in [4.69, 9.17) is 16.3 Å². The maximum absolute atomic E-state index is 10.9. The summed E-state index contributed by atoms with van der Waals surface area (Å²) in [5.41, 5.74) is 0. The van der Waals surface area contributed by atoms with Crippen LogP contribution in [0.2, 0.25) is 0 Å². The van der Waals surface area contributed by atoms with Crippen molar-refractivity contribution in [2.24, 2.45) is 0 Å². The van der Waals surface area contributed by atoms with E-state index in [-0.39, 0.29) is 5.75 Å². The van der Waals surface area contributed by atoms with Crippen LogP contribution < -0.4 is 8.92 Å². The van der Waals surface area contributed by atoms with Gasteiger partial charge in [0.05, 0.1) is 7.11 Å². The number of halogens is 1. The average Bonchev–Trinajstić information content (AvgIpc) is 2.19. The second-order valence-electron chi connectivity index (χ2n) is 2.43. The second-order valence-corrected chi connectivity index (χ2v) is 4.58. The first-order valence-corrected chi connectivity index (χ1v) is 5.81. The summed E-state index contributed by atoms with van der Waals surface area (Å²) < 4.78 is 31.4. The number of ether oxygens (including phenoxy) is 1. The highest BCUT2D eigenvalue weighted by atomic mass is 35.5. The lowest BCUT2D eigenvalue weighted by Crippen LogP contribution is -2.09. The van der Waals surface area contributed by atoms with Gasteiger partial charge in [-0.2, -0.15) is 8.42 Å². The molecule has 0 unspecified atom stereocenters. The van der Waals surface area contributed by atoms with Crippen LogP contribution in [-0.2, 0) is 10.1 Å². The Morgan fingerprint density at radius 1 is 1.21 bits per heavy atom. The van der Waals surface area contributed by atoms with Gasteiger partial charge in [0.2, 0.25) is 0 Å². The summed E-state index contributed by atoms with van der Waals surface area (Å²) in [6.07, 6.45) is 0. The van der Waals surface area contributed by atoms with Gasteiger partial charge >= 0.3 is 10.1 Å². The van der Waals surface area contributed by atoms with Crippen molar-refractivity contribution in [3.8, 4) is 11.5 Å². The molecule has 0 spiro atoms. The molecule has 0 fully saturated rings.